The first-order valence-corrected chi connectivity index (χ1v) is 10.4. The lowest BCUT2D eigenvalue weighted by Crippen LogP contribution is -2.34. The zero-order valence-corrected chi connectivity index (χ0v) is 17.5. The van der Waals surface area contributed by atoms with Crippen molar-refractivity contribution in [3.8, 4) is 5.75 Å². The van der Waals surface area contributed by atoms with E-state index in [0.29, 0.717) is 34.4 Å². The molecule has 0 bridgehead atoms. The summed E-state index contributed by atoms with van der Waals surface area (Å²) in [6.45, 7) is 4.69. The van der Waals surface area contributed by atoms with Gasteiger partial charge in [-0.25, -0.2) is 0 Å². The normalized spacial score (nSPS) is 12.5. The fourth-order valence-corrected chi connectivity index (χ4v) is 4.61. The van der Waals surface area contributed by atoms with E-state index in [1.807, 2.05) is 6.07 Å². The van der Waals surface area contributed by atoms with E-state index in [-0.39, 0.29) is 11.0 Å². The highest BCUT2D eigenvalue weighted by atomic mass is 32.1. The molecule has 0 radical (unpaired) electrons. The topological polar surface area (TPSA) is 93.4 Å². The molecule has 6 nitrogen and oxygen atoms in total. The van der Waals surface area contributed by atoms with Crippen LogP contribution in [0.1, 0.15) is 51.4 Å². The number of hydrogen-bond acceptors (Lipinski definition) is 5. The van der Waals surface area contributed by atoms with E-state index >= 15 is 0 Å². The molecule has 2 aromatic rings. The number of thiophene rings is 1. The van der Waals surface area contributed by atoms with E-state index < -0.39 is 5.91 Å². The molecule has 28 heavy (non-hydrogen) atoms. The number of fused-ring (bicyclic) bond motifs is 1. The van der Waals surface area contributed by atoms with Crippen molar-refractivity contribution < 1.29 is 14.3 Å². The molecule has 0 atom stereocenters. The number of ether oxygens (including phenoxy) is 1. The van der Waals surface area contributed by atoms with Gasteiger partial charge in [-0.2, -0.15) is 0 Å². The second-order valence-corrected chi connectivity index (χ2v) is 8.58. The van der Waals surface area contributed by atoms with Crippen LogP contribution < -0.4 is 21.1 Å². The number of anilines is 1. The van der Waals surface area contributed by atoms with Gasteiger partial charge in [0.25, 0.3) is 11.8 Å². The summed E-state index contributed by atoms with van der Waals surface area (Å²) in [6.07, 6.45) is 2.80. The van der Waals surface area contributed by atoms with Gasteiger partial charge in [-0.1, -0.05) is 19.9 Å². The minimum absolute atomic E-state index is 0.126. The van der Waals surface area contributed by atoms with Gasteiger partial charge in [0.05, 0.1) is 12.2 Å². The monoisotopic (exact) mass is 417 g/mol. The van der Waals surface area contributed by atoms with Crippen molar-refractivity contribution in [1.29, 1.82) is 0 Å². The molecule has 0 saturated heterocycles. The van der Waals surface area contributed by atoms with Crippen LogP contribution in [0.25, 0.3) is 0 Å². The highest BCUT2D eigenvalue weighted by molar-refractivity contribution is 7.80. The average Bonchev–Trinajstić information content (AvgIpc) is 3.20. The van der Waals surface area contributed by atoms with Gasteiger partial charge in [0.1, 0.15) is 10.8 Å². The number of rotatable bonds is 6. The van der Waals surface area contributed by atoms with Gasteiger partial charge >= 0.3 is 0 Å². The molecule has 2 amide bonds. The second kappa shape index (κ2) is 8.70. The van der Waals surface area contributed by atoms with E-state index in [1.165, 1.54) is 11.3 Å². The van der Waals surface area contributed by atoms with Crippen LogP contribution in [0.3, 0.4) is 0 Å². The van der Waals surface area contributed by atoms with Crippen LogP contribution >= 0.6 is 23.6 Å². The SMILES string of the molecule is CC(C)COc1cccc(C(=O)NC(=S)Nc2sc3c(c2C(N)=O)CCC3)c1. The molecule has 0 spiro atoms. The molecule has 8 heteroatoms. The first-order chi connectivity index (χ1) is 13.3. The number of carbonyl (C=O) groups excluding carboxylic acids is 2. The van der Waals surface area contributed by atoms with Crippen molar-refractivity contribution in [3.63, 3.8) is 0 Å². The number of carbonyl (C=O) groups is 2. The number of aryl methyl sites for hydroxylation is 1. The van der Waals surface area contributed by atoms with E-state index in [2.05, 4.69) is 24.5 Å². The third-order valence-electron chi connectivity index (χ3n) is 4.30. The number of nitrogens with two attached hydrogens (primary N) is 1. The van der Waals surface area contributed by atoms with E-state index in [1.54, 1.807) is 18.2 Å². The molecule has 3 rings (SSSR count). The Kier molecular flexibility index (Phi) is 6.31. The van der Waals surface area contributed by atoms with Crippen molar-refractivity contribution in [1.82, 2.24) is 5.32 Å². The van der Waals surface area contributed by atoms with Gasteiger partial charge < -0.3 is 15.8 Å². The van der Waals surface area contributed by atoms with Crippen LogP contribution in [0.15, 0.2) is 24.3 Å². The number of thiocarbonyl (C=S) groups is 1. The van der Waals surface area contributed by atoms with Crippen LogP contribution in [0.2, 0.25) is 0 Å². The Bertz CT molecular complexity index is 921. The standard InChI is InChI=1S/C20H23N3O3S2/c1-11(2)10-26-13-6-3-5-12(9-13)18(25)22-20(27)23-19-16(17(21)24)14-7-4-8-15(14)28-19/h3,5-6,9,11H,4,7-8,10H2,1-2H3,(H2,21,24)(H2,22,23,25,27). The number of hydrogen-bond donors (Lipinski definition) is 3. The van der Waals surface area contributed by atoms with Gasteiger partial charge in [-0.3, -0.25) is 14.9 Å². The molecule has 4 N–H and O–H groups in total. The quantitative estimate of drug-likeness (QED) is 0.626. The zero-order valence-electron chi connectivity index (χ0n) is 15.8. The third-order valence-corrected chi connectivity index (χ3v) is 5.71. The maximum atomic E-state index is 12.5. The summed E-state index contributed by atoms with van der Waals surface area (Å²) in [5, 5.41) is 6.33. The van der Waals surface area contributed by atoms with Crippen LogP contribution in [0.5, 0.6) is 5.75 Å². The predicted molar refractivity (Wildman–Crippen MR) is 115 cm³/mol. The minimum atomic E-state index is -0.481. The highest BCUT2D eigenvalue weighted by Crippen LogP contribution is 2.38. The van der Waals surface area contributed by atoms with E-state index in [0.717, 1.165) is 29.7 Å². The van der Waals surface area contributed by atoms with Gasteiger partial charge in [0.15, 0.2) is 5.11 Å². The van der Waals surface area contributed by atoms with E-state index in [4.69, 9.17) is 22.7 Å². The molecule has 0 saturated carbocycles. The smallest absolute Gasteiger partial charge is 0.257 e. The summed E-state index contributed by atoms with van der Waals surface area (Å²) in [5.74, 6) is 0.190. The molecule has 1 aromatic heterocycles. The predicted octanol–water partition coefficient (Wildman–Crippen LogP) is 3.50. The van der Waals surface area contributed by atoms with Crippen LogP contribution in [0.4, 0.5) is 5.00 Å². The molecule has 1 aliphatic rings. The number of primary amides is 1. The van der Waals surface area contributed by atoms with Crippen LogP contribution in [-0.4, -0.2) is 23.5 Å². The molecule has 1 aliphatic carbocycles. The molecule has 1 heterocycles. The van der Waals surface area contributed by atoms with Crippen LogP contribution in [-0.2, 0) is 12.8 Å². The molecule has 148 valence electrons. The van der Waals surface area contributed by atoms with Gasteiger partial charge in [0.2, 0.25) is 0 Å². The highest BCUT2D eigenvalue weighted by Gasteiger charge is 2.25. The Morgan fingerprint density at radius 2 is 2.11 bits per heavy atom. The lowest BCUT2D eigenvalue weighted by Gasteiger charge is -2.12. The summed E-state index contributed by atoms with van der Waals surface area (Å²) in [6, 6.07) is 6.93. The fourth-order valence-electron chi connectivity index (χ4n) is 3.05. The van der Waals surface area contributed by atoms with Crippen molar-refractivity contribution in [2.24, 2.45) is 11.7 Å². The Morgan fingerprint density at radius 3 is 2.82 bits per heavy atom. The Labute approximate surface area is 173 Å². The summed E-state index contributed by atoms with van der Waals surface area (Å²) in [7, 11) is 0. The molecule has 1 aromatic carbocycles. The van der Waals surface area contributed by atoms with Gasteiger partial charge in [0, 0.05) is 10.4 Å². The maximum absolute atomic E-state index is 12.5. The van der Waals surface area contributed by atoms with Crippen LogP contribution in [0, 0.1) is 5.92 Å². The maximum Gasteiger partial charge on any atom is 0.257 e. The Balaban J connectivity index is 1.66. The zero-order chi connectivity index (χ0) is 20.3. The second-order valence-electron chi connectivity index (χ2n) is 7.07. The van der Waals surface area contributed by atoms with E-state index in [9.17, 15) is 9.59 Å². The lowest BCUT2D eigenvalue weighted by molar-refractivity contribution is 0.0975. The van der Waals surface area contributed by atoms with Crippen molar-refractivity contribution in [2.75, 3.05) is 11.9 Å². The summed E-state index contributed by atoms with van der Waals surface area (Å²) < 4.78 is 5.66. The molecular formula is C20H23N3O3S2. The average molecular weight is 418 g/mol. The third kappa shape index (κ3) is 4.69. The minimum Gasteiger partial charge on any atom is -0.493 e. The van der Waals surface area contributed by atoms with Crippen molar-refractivity contribution in [3.05, 3.63) is 45.8 Å². The fraction of sp³-hybridized carbons (Fsp3) is 0.350. The number of nitrogens with one attached hydrogen (secondary N) is 2. The van der Waals surface area contributed by atoms with Gasteiger partial charge in [-0.05, 0) is 61.2 Å². The summed E-state index contributed by atoms with van der Waals surface area (Å²) in [5.41, 5.74) is 7.48. The molecule has 0 fully saturated rings. The summed E-state index contributed by atoms with van der Waals surface area (Å²) in [4.78, 5) is 25.5. The number of benzene rings is 1. The Hall–Kier alpha value is -2.45. The van der Waals surface area contributed by atoms with Crippen molar-refractivity contribution >= 4 is 45.5 Å². The lowest BCUT2D eigenvalue weighted by atomic mass is 10.1. The first kappa shape index (κ1) is 20.3. The molecule has 0 aliphatic heterocycles. The van der Waals surface area contributed by atoms with Gasteiger partial charge in [-0.15, -0.1) is 11.3 Å². The first-order valence-electron chi connectivity index (χ1n) is 9.14. The summed E-state index contributed by atoms with van der Waals surface area (Å²) >= 11 is 6.73. The molecule has 0 unspecified atom stereocenters. The largest absolute Gasteiger partial charge is 0.493 e. The Morgan fingerprint density at radius 1 is 1.32 bits per heavy atom. The molecular weight excluding hydrogens is 394 g/mol. The van der Waals surface area contributed by atoms with Crippen molar-refractivity contribution in [2.45, 2.75) is 33.1 Å². The number of amides is 2.